The average molecular weight is 288 g/mol. The molecule has 0 radical (unpaired) electrons. The van der Waals surface area contributed by atoms with E-state index in [9.17, 15) is 4.39 Å². The number of aromatic nitrogens is 2. The Kier molecular flexibility index (Phi) is 3.31. The SMILES string of the molecule is CCOc1ccc(Nc2ccc(N)c3nonc23)cc1F. The fourth-order valence-electron chi connectivity index (χ4n) is 1.99. The number of halogens is 1. The zero-order valence-corrected chi connectivity index (χ0v) is 11.3. The third-order valence-corrected chi connectivity index (χ3v) is 2.96. The number of benzene rings is 2. The molecule has 0 aliphatic carbocycles. The topological polar surface area (TPSA) is 86.2 Å². The fraction of sp³-hybridized carbons (Fsp3) is 0.143. The van der Waals surface area contributed by atoms with Gasteiger partial charge in [-0.25, -0.2) is 9.02 Å². The van der Waals surface area contributed by atoms with Gasteiger partial charge in [0.1, 0.15) is 0 Å². The van der Waals surface area contributed by atoms with E-state index in [0.29, 0.717) is 34.7 Å². The number of hydrogen-bond acceptors (Lipinski definition) is 6. The molecule has 21 heavy (non-hydrogen) atoms. The van der Waals surface area contributed by atoms with Crippen molar-refractivity contribution < 1.29 is 13.8 Å². The van der Waals surface area contributed by atoms with Gasteiger partial charge in [0, 0.05) is 11.8 Å². The Morgan fingerprint density at radius 3 is 2.81 bits per heavy atom. The highest BCUT2D eigenvalue weighted by Crippen LogP contribution is 2.29. The number of anilines is 3. The van der Waals surface area contributed by atoms with E-state index in [-0.39, 0.29) is 5.75 Å². The van der Waals surface area contributed by atoms with Crippen LogP contribution in [0.15, 0.2) is 35.0 Å². The van der Waals surface area contributed by atoms with Gasteiger partial charge < -0.3 is 15.8 Å². The van der Waals surface area contributed by atoms with Gasteiger partial charge >= 0.3 is 0 Å². The molecular weight excluding hydrogens is 275 g/mol. The lowest BCUT2D eigenvalue weighted by Gasteiger charge is -2.09. The van der Waals surface area contributed by atoms with Gasteiger partial charge in [-0.05, 0) is 41.5 Å². The summed E-state index contributed by atoms with van der Waals surface area (Å²) >= 11 is 0. The second-order valence-corrected chi connectivity index (χ2v) is 4.37. The molecular formula is C14H13FN4O2. The maximum absolute atomic E-state index is 13.8. The molecule has 0 bridgehead atoms. The van der Waals surface area contributed by atoms with Crippen LogP contribution >= 0.6 is 0 Å². The monoisotopic (exact) mass is 288 g/mol. The van der Waals surface area contributed by atoms with Crippen LogP contribution < -0.4 is 15.8 Å². The number of nitrogens with zero attached hydrogens (tertiary/aromatic N) is 2. The highest BCUT2D eigenvalue weighted by Gasteiger charge is 2.11. The second kappa shape index (κ2) is 5.28. The first-order chi connectivity index (χ1) is 10.2. The van der Waals surface area contributed by atoms with Gasteiger partial charge in [0.2, 0.25) is 0 Å². The number of ether oxygens (including phenoxy) is 1. The van der Waals surface area contributed by atoms with Crippen LogP contribution in [0, 0.1) is 5.82 Å². The van der Waals surface area contributed by atoms with Crippen molar-refractivity contribution in [1.29, 1.82) is 0 Å². The van der Waals surface area contributed by atoms with E-state index in [1.54, 1.807) is 31.2 Å². The Labute approximate surface area is 119 Å². The van der Waals surface area contributed by atoms with E-state index >= 15 is 0 Å². The van der Waals surface area contributed by atoms with Crippen LogP contribution in [0.25, 0.3) is 11.0 Å². The summed E-state index contributed by atoms with van der Waals surface area (Å²) < 4.78 is 23.7. The number of rotatable bonds is 4. The molecule has 3 aromatic rings. The number of fused-ring (bicyclic) bond motifs is 1. The van der Waals surface area contributed by atoms with Gasteiger partial charge in [0.25, 0.3) is 0 Å². The largest absolute Gasteiger partial charge is 0.491 e. The summed E-state index contributed by atoms with van der Waals surface area (Å²) in [6.45, 7) is 2.21. The molecule has 1 heterocycles. The fourth-order valence-corrected chi connectivity index (χ4v) is 1.99. The maximum Gasteiger partial charge on any atom is 0.167 e. The zero-order chi connectivity index (χ0) is 14.8. The molecule has 0 aliphatic heterocycles. The van der Waals surface area contributed by atoms with Crippen LogP contribution in [0.1, 0.15) is 6.92 Å². The number of nitrogens with one attached hydrogen (secondary N) is 1. The molecule has 108 valence electrons. The standard InChI is InChI=1S/C14H13FN4O2/c1-2-20-12-6-3-8(7-9(12)15)17-11-5-4-10(16)13-14(11)19-21-18-13/h3-7,17H,2,16H2,1H3. The van der Waals surface area contributed by atoms with E-state index in [1.165, 1.54) is 6.07 Å². The molecule has 0 atom stereocenters. The summed E-state index contributed by atoms with van der Waals surface area (Å²) in [6, 6.07) is 8.04. The van der Waals surface area contributed by atoms with Crippen molar-refractivity contribution in [3.8, 4) is 5.75 Å². The third-order valence-electron chi connectivity index (χ3n) is 2.96. The molecule has 1 aromatic heterocycles. The van der Waals surface area contributed by atoms with Crippen LogP contribution in [-0.4, -0.2) is 16.9 Å². The molecule has 7 heteroatoms. The summed E-state index contributed by atoms with van der Waals surface area (Å²) in [6.07, 6.45) is 0. The van der Waals surface area contributed by atoms with Crippen molar-refractivity contribution in [3.05, 3.63) is 36.1 Å². The van der Waals surface area contributed by atoms with E-state index in [1.807, 2.05) is 0 Å². The van der Waals surface area contributed by atoms with Crippen molar-refractivity contribution in [2.75, 3.05) is 17.7 Å². The van der Waals surface area contributed by atoms with Crippen molar-refractivity contribution in [2.45, 2.75) is 6.92 Å². The maximum atomic E-state index is 13.8. The third kappa shape index (κ3) is 2.45. The van der Waals surface area contributed by atoms with Crippen molar-refractivity contribution in [2.24, 2.45) is 0 Å². The summed E-state index contributed by atoms with van der Waals surface area (Å²) in [5.41, 5.74) is 8.38. The van der Waals surface area contributed by atoms with E-state index < -0.39 is 5.82 Å². The average Bonchev–Trinajstić information content (AvgIpc) is 2.96. The van der Waals surface area contributed by atoms with Gasteiger partial charge in [0.05, 0.1) is 18.0 Å². The Morgan fingerprint density at radius 2 is 2.05 bits per heavy atom. The quantitative estimate of drug-likeness (QED) is 0.717. The first kappa shape index (κ1) is 13.2. The lowest BCUT2D eigenvalue weighted by molar-refractivity contribution is 0.316. The van der Waals surface area contributed by atoms with Gasteiger partial charge in [0.15, 0.2) is 22.6 Å². The molecule has 0 spiro atoms. The van der Waals surface area contributed by atoms with Crippen LogP contribution in [-0.2, 0) is 0 Å². The molecule has 0 fully saturated rings. The number of hydrogen-bond donors (Lipinski definition) is 2. The number of nitrogen functional groups attached to an aromatic ring is 1. The van der Waals surface area contributed by atoms with Crippen molar-refractivity contribution in [1.82, 2.24) is 10.3 Å². The molecule has 0 saturated carbocycles. The summed E-state index contributed by atoms with van der Waals surface area (Å²) in [7, 11) is 0. The van der Waals surface area contributed by atoms with E-state index in [4.69, 9.17) is 10.5 Å². The van der Waals surface area contributed by atoms with E-state index in [0.717, 1.165) is 0 Å². The highest BCUT2D eigenvalue weighted by atomic mass is 19.1. The Morgan fingerprint density at radius 1 is 1.24 bits per heavy atom. The van der Waals surface area contributed by atoms with Gasteiger partial charge in [-0.1, -0.05) is 0 Å². The predicted molar refractivity (Wildman–Crippen MR) is 77.1 cm³/mol. The van der Waals surface area contributed by atoms with Crippen LogP contribution in [0.3, 0.4) is 0 Å². The molecule has 0 unspecified atom stereocenters. The molecule has 3 N–H and O–H groups in total. The van der Waals surface area contributed by atoms with Gasteiger partial charge in [-0.15, -0.1) is 0 Å². The van der Waals surface area contributed by atoms with Crippen molar-refractivity contribution in [3.63, 3.8) is 0 Å². The molecule has 6 nitrogen and oxygen atoms in total. The van der Waals surface area contributed by atoms with Crippen LogP contribution in [0.5, 0.6) is 5.75 Å². The molecule has 0 amide bonds. The molecule has 2 aromatic carbocycles. The minimum Gasteiger partial charge on any atom is -0.491 e. The second-order valence-electron chi connectivity index (χ2n) is 4.37. The number of nitrogens with two attached hydrogens (primary N) is 1. The Bertz CT molecular complexity index is 788. The minimum absolute atomic E-state index is 0.216. The molecule has 0 aliphatic rings. The van der Waals surface area contributed by atoms with Gasteiger partial charge in [-0.3, -0.25) is 0 Å². The first-order valence-electron chi connectivity index (χ1n) is 6.39. The first-order valence-corrected chi connectivity index (χ1v) is 6.39. The summed E-state index contributed by atoms with van der Waals surface area (Å²) in [4.78, 5) is 0. The Hall–Kier alpha value is -2.83. The minimum atomic E-state index is -0.438. The van der Waals surface area contributed by atoms with Crippen LogP contribution in [0.2, 0.25) is 0 Å². The smallest absolute Gasteiger partial charge is 0.167 e. The predicted octanol–water partition coefficient (Wildman–Crippen LogP) is 3.09. The molecule has 0 saturated heterocycles. The van der Waals surface area contributed by atoms with Crippen LogP contribution in [0.4, 0.5) is 21.5 Å². The van der Waals surface area contributed by atoms with Gasteiger partial charge in [-0.2, -0.15) is 0 Å². The lowest BCUT2D eigenvalue weighted by atomic mass is 10.2. The van der Waals surface area contributed by atoms with Crippen molar-refractivity contribution >= 4 is 28.1 Å². The summed E-state index contributed by atoms with van der Waals surface area (Å²) in [5.74, 6) is -0.222. The molecule has 3 rings (SSSR count). The zero-order valence-electron chi connectivity index (χ0n) is 11.3. The van der Waals surface area contributed by atoms with E-state index in [2.05, 4.69) is 20.3 Å². The lowest BCUT2D eigenvalue weighted by Crippen LogP contribution is -1.97. The normalized spacial score (nSPS) is 10.8. The summed E-state index contributed by atoms with van der Waals surface area (Å²) in [5, 5.41) is 10.6. The highest BCUT2D eigenvalue weighted by molar-refractivity contribution is 5.96. The Balaban J connectivity index is 1.93.